The van der Waals surface area contributed by atoms with Gasteiger partial charge in [0.15, 0.2) is 0 Å². The number of rotatable bonds is 0. The fourth-order valence-corrected chi connectivity index (χ4v) is 2.01. The summed E-state index contributed by atoms with van der Waals surface area (Å²) in [4.78, 5) is 1.36. The molecule has 6 heteroatoms. The summed E-state index contributed by atoms with van der Waals surface area (Å²) in [5.41, 5.74) is 0. The van der Waals surface area contributed by atoms with Crippen molar-refractivity contribution in [2.45, 2.75) is 6.92 Å². The molecule has 0 aliphatic heterocycles. The molecule has 2 aromatic rings. The molecule has 0 saturated heterocycles. The average molecular weight is 261 g/mol. The molecule has 1 aromatic carbocycles. The van der Waals surface area contributed by atoms with E-state index in [0.717, 1.165) is 0 Å². The van der Waals surface area contributed by atoms with Crippen LogP contribution in [-0.4, -0.2) is 0 Å². The van der Waals surface area contributed by atoms with Crippen molar-refractivity contribution in [1.29, 1.82) is 0 Å². The molecule has 0 radical (unpaired) electrons. The summed E-state index contributed by atoms with van der Waals surface area (Å²) in [5, 5.41) is 1.34. The van der Waals surface area contributed by atoms with Gasteiger partial charge in [-0.05, 0) is 18.2 Å². The molecule has 0 spiro atoms. The standard InChI is InChI=1S/C10H9S.ClHO4/c1-8-6-7-9-4-2-3-5-10(9)11-8;2-1(3,4)5/h2-7H,1H3;(H,2,3,4,5)/q+1;/p-1. The second-order valence-corrected chi connectivity index (χ2v) is 5.01. The van der Waals surface area contributed by atoms with Gasteiger partial charge in [0.05, 0.1) is 0 Å². The minimum atomic E-state index is -4.94. The van der Waals surface area contributed by atoms with Gasteiger partial charge in [-0.3, -0.25) is 0 Å². The maximum absolute atomic E-state index is 8.49. The van der Waals surface area contributed by atoms with Gasteiger partial charge in [0.1, 0.15) is 0 Å². The van der Waals surface area contributed by atoms with E-state index < -0.39 is 10.2 Å². The molecule has 0 fully saturated rings. The first-order chi connectivity index (χ1) is 7.36. The number of hydrogen-bond donors (Lipinski definition) is 0. The summed E-state index contributed by atoms with van der Waals surface area (Å²) in [7, 11) is -4.94. The molecular weight excluding hydrogens is 252 g/mol. The second kappa shape index (κ2) is 5.49. The lowest BCUT2D eigenvalue weighted by molar-refractivity contribution is -2.00. The van der Waals surface area contributed by atoms with Gasteiger partial charge in [-0.1, -0.05) is 12.1 Å². The van der Waals surface area contributed by atoms with Crippen LogP contribution < -0.4 is 18.6 Å². The number of hydrogen-bond acceptors (Lipinski definition) is 4. The lowest BCUT2D eigenvalue weighted by Gasteiger charge is -2.17. The zero-order chi connectivity index (χ0) is 12.2. The fraction of sp³-hybridized carbons (Fsp3) is 0.100. The van der Waals surface area contributed by atoms with Crippen LogP contribution in [0.4, 0.5) is 0 Å². The van der Waals surface area contributed by atoms with E-state index in [-0.39, 0.29) is 0 Å². The number of aryl methyl sites for hydroxylation is 1. The normalized spacial score (nSPS) is 10.8. The van der Waals surface area contributed by atoms with E-state index in [1.807, 2.05) is 11.3 Å². The highest BCUT2D eigenvalue weighted by Crippen LogP contribution is 2.20. The molecule has 0 bridgehead atoms. The molecule has 2 rings (SSSR count). The number of benzene rings is 1. The molecule has 0 aliphatic rings. The molecule has 0 N–H and O–H groups in total. The maximum atomic E-state index is 8.49. The Hall–Kier alpha value is -0.820. The Balaban J connectivity index is 0.000000221. The molecule has 1 heterocycles. The molecule has 0 unspecified atom stereocenters. The fourth-order valence-electron chi connectivity index (χ4n) is 1.13. The average Bonchev–Trinajstić information content (AvgIpc) is 2.15. The third kappa shape index (κ3) is 5.32. The van der Waals surface area contributed by atoms with Crippen LogP contribution in [0.15, 0.2) is 36.4 Å². The second-order valence-electron chi connectivity index (χ2n) is 2.96. The topological polar surface area (TPSA) is 92.2 Å². The van der Waals surface area contributed by atoms with E-state index in [1.165, 1.54) is 15.0 Å². The van der Waals surface area contributed by atoms with Crippen molar-refractivity contribution in [3.05, 3.63) is 41.3 Å². The van der Waals surface area contributed by atoms with Gasteiger partial charge >= 0.3 is 0 Å². The predicted octanol–water partition coefficient (Wildman–Crippen LogP) is -1.27. The van der Waals surface area contributed by atoms with E-state index in [0.29, 0.717) is 0 Å². The summed E-state index contributed by atoms with van der Waals surface area (Å²) in [6, 6.07) is 12.8. The van der Waals surface area contributed by atoms with Gasteiger partial charge in [-0.2, -0.15) is 0 Å². The minimum absolute atomic E-state index is 1.34. The van der Waals surface area contributed by atoms with Gasteiger partial charge < -0.3 is 0 Å². The first-order valence-corrected chi connectivity index (χ1v) is 6.31. The van der Waals surface area contributed by atoms with Crippen molar-refractivity contribution in [2.24, 2.45) is 0 Å². The SMILES string of the molecule is Cc1ccc2ccccc2[s+]1.[O-][Cl+3]([O-])([O-])[O-]. The molecule has 16 heavy (non-hydrogen) atoms. The first kappa shape index (κ1) is 13.2. The highest BCUT2D eigenvalue weighted by Gasteiger charge is 2.04. The minimum Gasteiger partial charge on any atom is -0.222 e. The van der Waals surface area contributed by atoms with Crippen LogP contribution in [0.5, 0.6) is 0 Å². The van der Waals surface area contributed by atoms with Crippen molar-refractivity contribution in [3.8, 4) is 0 Å². The summed E-state index contributed by atoms with van der Waals surface area (Å²) in [5.74, 6) is 0. The zero-order valence-electron chi connectivity index (χ0n) is 8.38. The number of halogens is 1. The molecule has 1 aromatic heterocycles. The van der Waals surface area contributed by atoms with E-state index >= 15 is 0 Å². The van der Waals surface area contributed by atoms with E-state index in [4.69, 9.17) is 18.6 Å². The highest BCUT2D eigenvalue weighted by molar-refractivity contribution is 7.18. The van der Waals surface area contributed by atoms with Crippen LogP contribution in [0.3, 0.4) is 0 Å². The van der Waals surface area contributed by atoms with Crippen molar-refractivity contribution >= 4 is 21.4 Å². The van der Waals surface area contributed by atoms with Crippen LogP contribution in [0.25, 0.3) is 10.1 Å². The third-order valence-electron chi connectivity index (χ3n) is 1.69. The van der Waals surface area contributed by atoms with E-state index in [9.17, 15) is 0 Å². The Morgan fingerprint density at radius 1 is 0.938 bits per heavy atom. The Labute approximate surface area is 98.8 Å². The van der Waals surface area contributed by atoms with Crippen molar-refractivity contribution in [1.82, 2.24) is 0 Å². The quantitative estimate of drug-likeness (QED) is 0.553. The van der Waals surface area contributed by atoms with Gasteiger partial charge in [-0.15, -0.1) is 10.2 Å². The highest BCUT2D eigenvalue weighted by atomic mass is 35.7. The monoisotopic (exact) mass is 260 g/mol. The Morgan fingerprint density at radius 2 is 1.50 bits per heavy atom. The summed E-state index contributed by atoms with van der Waals surface area (Å²) in [6.07, 6.45) is 0. The molecule has 0 saturated carbocycles. The van der Waals surface area contributed by atoms with Crippen LogP contribution >= 0.6 is 11.3 Å². The largest absolute Gasteiger partial charge is 0.238 e. The lowest BCUT2D eigenvalue weighted by Crippen LogP contribution is -2.68. The van der Waals surface area contributed by atoms with Gasteiger partial charge in [0.2, 0.25) is 20.9 Å². The van der Waals surface area contributed by atoms with Crippen LogP contribution in [0.2, 0.25) is 0 Å². The first-order valence-electron chi connectivity index (χ1n) is 4.26. The number of fused-ring (bicyclic) bond motifs is 1. The van der Waals surface area contributed by atoms with E-state index in [2.05, 4.69) is 43.3 Å². The Bertz CT molecular complexity index is 464. The Morgan fingerprint density at radius 3 is 2.12 bits per heavy atom. The molecular formula is C10H9ClO4S. The van der Waals surface area contributed by atoms with Crippen molar-refractivity contribution in [2.75, 3.05) is 0 Å². The third-order valence-corrected chi connectivity index (χ3v) is 2.74. The van der Waals surface area contributed by atoms with Gasteiger partial charge in [0.25, 0.3) is 0 Å². The molecule has 0 aliphatic carbocycles. The summed E-state index contributed by atoms with van der Waals surface area (Å²) >= 11 is 1.84. The van der Waals surface area contributed by atoms with Crippen LogP contribution in [0.1, 0.15) is 4.88 Å². The summed E-state index contributed by atoms with van der Waals surface area (Å²) in [6.45, 7) is 2.14. The van der Waals surface area contributed by atoms with Gasteiger partial charge in [-0.25, -0.2) is 18.6 Å². The molecule has 4 nitrogen and oxygen atoms in total. The van der Waals surface area contributed by atoms with Crippen molar-refractivity contribution < 1.29 is 28.9 Å². The maximum Gasteiger partial charge on any atom is 0.238 e. The molecule has 86 valence electrons. The predicted molar refractivity (Wildman–Crippen MR) is 51.0 cm³/mol. The van der Waals surface area contributed by atoms with Gasteiger partial charge in [0, 0.05) is 18.4 Å². The van der Waals surface area contributed by atoms with Crippen LogP contribution in [0, 0.1) is 17.2 Å². The lowest BCUT2D eigenvalue weighted by atomic mass is 10.2. The summed E-state index contributed by atoms with van der Waals surface area (Å²) < 4.78 is 35.3. The smallest absolute Gasteiger partial charge is 0.222 e. The van der Waals surface area contributed by atoms with Crippen molar-refractivity contribution in [3.63, 3.8) is 0 Å². The molecule has 0 amide bonds. The Kier molecular flexibility index (Phi) is 4.55. The zero-order valence-corrected chi connectivity index (χ0v) is 9.96. The van der Waals surface area contributed by atoms with E-state index in [1.54, 1.807) is 0 Å². The van der Waals surface area contributed by atoms with Crippen LogP contribution in [-0.2, 0) is 0 Å². The molecule has 0 atom stereocenters.